The van der Waals surface area contributed by atoms with Crippen LogP contribution in [0.15, 0.2) is 59.2 Å². The number of para-hydroxylation sites is 3. The van der Waals surface area contributed by atoms with E-state index in [2.05, 4.69) is 22.5 Å². The van der Waals surface area contributed by atoms with Gasteiger partial charge in [0.05, 0.1) is 35.2 Å². The van der Waals surface area contributed by atoms with Crippen molar-refractivity contribution < 1.29 is 14.3 Å². The summed E-state index contributed by atoms with van der Waals surface area (Å²) in [5, 5.41) is 6.96. The van der Waals surface area contributed by atoms with E-state index in [1.165, 1.54) is 11.8 Å². The number of aliphatic imine (C=N–C) groups is 1. The summed E-state index contributed by atoms with van der Waals surface area (Å²) in [6.45, 7) is 6.17. The zero-order chi connectivity index (χ0) is 22.2. The number of amides is 1. The van der Waals surface area contributed by atoms with Gasteiger partial charge in [-0.15, -0.1) is 0 Å². The molecule has 3 rings (SSSR count). The minimum absolute atomic E-state index is 0.0949. The number of nitrogens with one attached hydrogen (secondary N) is 2. The van der Waals surface area contributed by atoms with Crippen molar-refractivity contribution in [3.63, 3.8) is 0 Å². The van der Waals surface area contributed by atoms with Crippen molar-refractivity contribution in [2.45, 2.75) is 33.6 Å². The van der Waals surface area contributed by atoms with Gasteiger partial charge >= 0.3 is 5.97 Å². The maximum atomic E-state index is 12.7. The largest absolute Gasteiger partial charge is 0.466 e. The Kier molecular flexibility index (Phi) is 7.89. The second-order valence-corrected chi connectivity index (χ2v) is 8.04. The summed E-state index contributed by atoms with van der Waals surface area (Å²) in [6.07, 6.45) is 2.76. The number of hydrogen-bond acceptors (Lipinski definition) is 6. The Morgan fingerprint density at radius 2 is 1.94 bits per heavy atom. The van der Waals surface area contributed by atoms with E-state index in [9.17, 15) is 9.59 Å². The normalized spacial score (nSPS) is 12.6. The van der Waals surface area contributed by atoms with Gasteiger partial charge in [-0.05, 0) is 49.6 Å². The maximum absolute atomic E-state index is 12.7. The fourth-order valence-corrected chi connectivity index (χ4v) is 3.98. The number of esters is 1. The first-order valence-electron chi connectivity index (χ1n) is 10.3. The second-order valence-electron chi connectivity index (χ2n) is 7.04. The van der Waals surface area contributed by atoms with Gasteiger partial charge in [-0.25, -0.2) is 4.99 Å². The van der Waals surface area contributed by atoms with Gasteiger partial charge in [0.1, 0.15) is 0 Å². The van der Waals surface area contributed by atoms with Gasteiger partial charge in [0.15, 0.2) is 0 Å². The van der Waals surface area contributed by atoms with Crippen molar-refractivity contribution in [1.82, 2.24) is 0 Å². The molecule has 0 atom stereocenters. The van der Waals surface area contributed by atoms with Crippen LogP contribution < -0.4 is 10.6 Å². The highest BCUT2D eigenvalue weighted by Crippen LogP contribution is 2.31. The Bertz CT molecular complexity index is 1030. The minimum Gasteiger partial charge on any atom is -0.466 e. The lowest BCUT2D eigenvalue weighted by atomic mass is 10.1. The Morgan fingerprint density at radius 3 is 2.71 bits per heavy atom. The van der Waals surface area contributed by atoms with Gasteiger partial charge in [0.2, 0.25) is 5.91 Å². The van der Waals surface area contributed by atoms with Crippen LogP contribution in [0, 0.1) is 6.92 Å². The molecule has 1 aliphatic rings. The first-order chi connectivity index (χ1) is 15.0. The lowest BCUT2D eigenvalue weighted by molar-refractivity contribution is -0.142. The molecule has 0 saturated carbocycles. The Labute approximate surface area is 187 Å². The molecule has 162 valence electrons. The van der Waals surface area contributed by atoms with Crippen LogP contribution in [-0.2, 0) is 20.7 Å². The molecule has 2 aromatic carbocycles. The average molecular weight is 438 g/mol. The molecule has 2 aromatic rings. The molecule has 2 N–H and O–H groups in total. The van der Waals surface area contributed by atoms with Crippen molar-refractivity contribution in [1.29, 1.82) is 0 Å². The number of nitrogens with zero attached hydrogens (tertiary/aromatic N) is 1. The van der Waals surface area contributed by atoms with Crippen molar-refractivity contribution >= 4 is 45.7 Å². The highest BCUT2D eigenvalue weighted by Gasteiger charge is 2.16. The first kappa shape index (κ1) is 22.6. The predicted molar refractivity (Wildman–Crippen MR) is 128 cm³/mol. The van der Waals surface area contributed by atoms with Crippen LogP contribution in [0.25, 0.3) is 0 Å². The van der Waals surface area contributed by atoms with Gasteiger partial charge < -0.3 is 15.4 Å². The van der Waals surface area contributed by atoms with Crippen molar-refractivity contribution in [2.75, 3.05) is 23.0 Å². The van der Waals surface area contributed by atoms with E-state index in [1.54, 1.807) is 13.0 Å². The average Bonchev–Trinajstić information content (AvgIpc) is 2.92. The van der Waals surface area contributed by atoms with Gasteiger partial charge in [-0.1, -0.05) is 49.0 Å². The third-order valence-corrected chi connectivity index (χ3v) is 5.63. The molecule has 31 heavy (non-hydrogen) atoms. The molecule has 7 heteroatoms. The number of aryl methyl sites for hydroxylation is 2. The number of anilines is 2. The number of thioether (sulfide) groups is 1. The van der Waals surface area contributed by atoms with E-state index >= 15 is 0 Å². The molecule has 1 amide bonds. The zero-order valence-corrected chi connectivity index (χ0v) is 18.8. The Hall–Kier alpha value is -3.06. The van der Waals surface area contributed by atoms with E-state index in [0.717, 1.165) is 34.6 Å². The second kappa shape index (κ2) is 10.8. The fraction of sp³-hybridized carbons (Fsp3) is 0.292. The quantitative estimate of drug-likeness (QED) is 0.581. The standard InChI is InChI=1S/C24H27N3O3S/c1-4-17-10-8-9-16(3)24(17)27-21(28)15-31-22-13-18(14-23(29)30-5-2)25-19-11-6-7-12-20(19)26-22/h6-13,25H,4-5,14-15H2,1-3H3,(H,27,28). The number of carbonyl (C=O) groups is 2. The summed E-state index contributed by atoms with van der Waals surface area (Å²) in [4.78, 5) is 29.3. The Morgan fingerprint density at radius 1 is 1.13 bits per heavy atom. The van der Waals surface area contributed by atoms with Crippen molar-refractivity contribution in [2.24, 2.45) is 4.99 Å². The molecule has 0 radical (unpaired) electrons. The molecule has 0 aromatic heterocycles. The van der Waals surface area contributed by atoms with Crippen LogP contribution in [0.4, 0.5) is 17.1 Å². The molecule has 6 nitrogen and oxygen atoms in total. The number of fused-ring (bicyclic) bond motifs is 1. The van der Waals surface area contributed by atoms with E-state index < -0.39 is 0 Å². The molecule has 0 aliphatic carbocycles. The number of benzene rings is 2. The van der Waals surface area contributed by atoms with E-state index in [4.69, 9.17) is 4.74 Å². The predicted octanol–water partition coefficient (Wildman–Crippen LogP) is 5.22. The first-order valence-corrected chi connectivity index (χ1v) is 11.3. The van der Waals surface area contributed by atoms with Crippen LogP contribution in [0.3, 0.4) is 0 Å². The minimum atomic E-state index is -0.311. The summed E-state index contributed by atoms with van der Waals surface area (Å²) in [5.74, 6) is -0.196. The summed E-state index contributed by atoms with van der Waals surface area (Å²) in [5.41, 5.74) is 5.28. The van der Waals surface area contributed by atoms with Gasteiger partial charge in [0.25, 0.3) is 0 Å². The van der Waals surface area contributed by atoms with E-state index in [0.29, 0.717) is 17.3 Å². The molecule has 1 heterocycles. The highest BCUT2D eigenvalue weighted by atomic mass is 32.2. The third-order valence-electron chi connectivity index (χ3n) is 4.72. The number of ether oxygens (including phenoxy) is 1. The summed E-state index contributed by atoms with van der Waals surface area (Å²) in [6, 6.07) is 13.6. The highest BCUT2D eigenvalue weighted by molar-refractivity contribution is 8.14. The lowest BCUT2D eigenvalue weighted by Crippen LogP contribution is -2.17. The number of hydrogen-bond donors (Lipinski definition) is 2. The van der Waals surface area contributed by atoms with E-state index in [1.807, 2.05) is 49.4 Å². The SMILES string of the molecule is CCOC(=O)CC1=CC(SCC(=O)Nc2c(C)cccc2CC)=Nc2ccccc2N1. The molecule has 0 saturated heterocycles. The monoisotopic (exact) mass is 437 g/mol. The molecule has 0 bridgehead atoms. The van der Waals surface area contributed by atoms with Crippen LogP contribution >= 0.6 is 11.8 Å². The summed E-state index contributed by atoms with van der Waals surface area (Å²) < 4.78 is 5.08. The van der Waals surface area contributed by atoms with Gasteiger partial charge in [0, 0.05) is 11.4 Å². The van der Waals surface area contributed by atoms with Crippen LogP contribution in [0.5, 0.6) is 0 Å². The molecular formula is C24H27N3O3S. The smallest absolute Gasteiger partial charge is 0.311 e. The van der Waals surface area contributed by atoms with Crippen LogP contribution in [0.1, 0.15) is 31.4 Å². The Balaban J connectivity index is 1.74. The maximum Gasteiger partial charge on any atom is 0.311 e. The molecular weight excluding hydrogens is 410 g/mol. The van der Waals surface area contributed by atoms with Crippen LogP contribution in [0.2, 0.25) is 0 Å². The van der Waals surface area contributed by atoms with E-state index in [-0.39, 0.29) is 24.1 Å². The van der Waals surface area contributed by atoms with Crippen LogP contribution in [-0.4, -0.2) is 29.3 Å². The number of rotatable bonds is 7. The number of carbonyl (C=O) groups excluding carboxylic acids is 2. The molecule has 1 aliphatic heterocycles. The third kappa shape index (κ3) is 6.21. The summed E-state index contributed by atoms with van der Waals surface area (Å²) >= 11 is 1.33. The lowest BCUT2D eigenvalue weighted by Gasteiger charge is -2.13. The van der Waals surface area contributed by atoms with Gasteiger partial charge in [-0.3, -0.25) is 9.59 Å². The van der Waals surface area contributed by atoms with Crippen molar-refractivity contribution in [3.05, 3.63) is 65.4 Å². The molecule has 0 unspecified atom stereocenters. The molecule has 0 fully saturated rings. The van der Waals surface area contributed by atoms with Gasteiger partial charge in [-0.2, -0.15) is 0 Å². The topological polar surface area (TPSA) is 79.8 Å². The van der Waals surface area contributed by atoms with Crippen molar-refractivity contribution in [3.8, 4) is 0 Å². The fourth-order valence-electron chi connectivity index (χ4n) is 3.24. The zero-order valence-electron chi connectivity index (χ0n) is 18.0. The summed E-state index contributed by atoms with van der Waals surface area (Å²) in [7, 11) is 0. The molecule has 0 spiro atoms.